The van der Waals surface area contributed by atoms with Gasteiger partial charge in [-0.25, -0.2) is 0 Å². The van der Waals surface area contributed by atoms with Gasteiger partial charge in [0.25, 0.3) is 0 Å². The monoisotopic (exact) mass is 1400 g/mol. The van der Waals surface area contributed by atoms with Crippen LogP contribution in [0.2, 0.25) is 0 Å². The highest BCUT2D eigenvalue weighted by molar-refractivity contribution is 5.66. The van der Waals surface area contributed by atoms with Crippen molar-refractivity contribution >= 4 is 11.9 Å². The van der Waals surface area contributed by atoms with Crippen molar-refractivity contribution in [2.45, 2.75) is 165 Å². The van der Waals surface area contributed by atoms with E-state index >= 15 is 0 Å². The molecule has 9 aromatic carbocycles. The van der Waals surface area contributed by atoms with Crippen LogP contribution in [0, 0.1) is 0 Å². The van der Waals surface area contributed by atoms with Crippen LogP contribution in [0.1, 0.15) is 63.9 Å². The molecule has 0 amide bonds. The Kier molecular flexibility index (Phi) is 28.3. The molecule has 3 aliphatic rings. The summed E-state index contributed by atoms with van der Waals surface area (Å²) in [5.41, 5.74) is 7.88. The number of esters is 2. The molecule has 0 spiro atoms. The van der Waals surface area contributed by atoms with Crippen molar-refractivity contribution in [1.29, 1.82) is 0 Å². The van der Waals surface area contributed by atoms with E-state index in [4.69, 9.17) is 75.8 Å². The number of carbonyl (C=O) groups is 2. The molecule has 0 radical (unpaired) electrons. The summed E-state index contributed by atoms with van der Waals surface area (Å²) in [4.78, 5) is 28.0. The van der Waals surface area contributed by atoms with E-state index in [2.05, 4.69) is 0 Å². The summed E-state index contributed by atoms with van der Waals surface area (Å²) in [7, 11) is 0. The zero-order valence-electron chi connectivity index (χ0n) is 58.0. The van der Waals surface area contributed by atoms with E-state index in [1.807, 2.05) is 273 Å². The molecule has 0 aromatic heterocycles. The summed E-state index contributed by atoms with van der Waals surface area (Å²) in [6, 6.07) is 87.7. The van der Waals surface area contributed by atoms with Gasteiger partial charge < -0.3 is 75.8 Å². The maximum absolute atomic E-state index is 14.0. The molecule has 15 atom stereocenters. The second-order valence-corrected chi connectivity index (χ2v) is 25.6. The average Bonchev–Trinajstić information content (AvgIpc) is 0.788. The van der Waals surface area contributed by atoms with Gasteiger partial charge in [0.05, 0.1) is 79.3 Å². The first-order chi connectivity index (χ1) is 50.7. The molecule has 12 rings (SSSR count). The third kappa shape index (κ3) is 22.2. The Morgan fingerprint density at radius 1 is 0.243 bits per heavy atom. The van der Waals surface area contributed by atoms with Gasteiger partial charge in [0.1, 0.15) is 61.0 Å². The largest absolute Gasteiger partial charge is 0.454 e. The quantitative estimate of drug-likeness (QED) is 0.0338. The Bertz CT molecular complexity index is 3860. The number of hydrogen-bond acceptors (Lipinski definition) is 18. The number of rotatable bonds is 36. The van der Waals surface area contributed by atoms with Crippen LogP contribution in [0.4, 0.5) is 0 Å². The SMILES string of the molecule is CC(=O)O[C@@H]1[C@@H](O[C@@H]2O[C@H](COCc3ccccc3)[C@@H](OCc3ccccc3)[C@H](OCc3ccccc3)[C@@H]2O[C@H]2O[C@H](COCc3ccccc3)[C@@H](OCc3ccccc3)[C@H](OCc3ccccc3)[C@@H]2OC(C)=O)O[C@H](COCc2ccccc2)[C@@H](OCc2ccccc2)[C@@H]1OCc1ccccc1. The lowest BCUT2D eigenvalue weighted by atomic mass is 9.95. The summed E-state index contributed by atoms with van der Waals surface area (Å²) >= 11 is 0. The first-order valence-corrected chi connectivity index (χ1v) is 35.1. The molecular weight excluding hydrogens is 1310 g/mol. The third-order valence-corrected chi connectivity index (χ3v) is 17.8. The molecular formula is C85H90O18. The molecule has 538 valence electrons. The van der Waals surface area contributed by atoms with E-state index in [-0.39, 0.29) is 79.3 Å². The van der Waals surface area contributed by atoms with Crippen molar-refractivity contribution < 1.29 is 85.4 Å². The Morgan fingerprint density at radius 3 is 0.670 bits per heavy atom. The highest BCUT2D eigenvalue weighted by Crippen LogP contribution is 2.40. The van der Waals surface area contributed by atoms with E-state index in [1.54, 1.807) is 0 Å². The molecule has 3 saturated heterocycles. The van der Waals surface area contributed by atoms with Gasteiger partial charge in [0.15, 0.2) is 24.8 Å². The van der Waals surface area contributed by atoms with E-state index in [9.17, 15) is 9.59 Å². The van der Waals surface area contributed by atoms with Crippen LogP contribution in [0.3, 0.4) is 0 Å². The Labute approximate surface area is 602 Å². The molecule has 0 saturated carbocycles. The van der Waals surface area contributed by atoms with Gasteiger partial charge in [0.2, 0.25) is 6.29 Å². The van der Waals surface area contributed by atoms with Crippen LogP contribution in [0.5, 0.6) is 0 Å². The van der Waals surface area contributed by atoms with Crippen molar-refractivity contribution in [3.8, 4) is 0 Å². The second kappa shape index (κ2) is 39.3. The molecule has 0 aliphatic carbocycles. The van der Waals surface area contributed by atoms with Gasteiger partial charge in [-0.15, -0.1) is 0 Å². The molecule has 0 unspecified atom stereocenters. The van der Waals surface area contributed by atoms with Crippen LogP contribution < -0.4 is 0 Å². The number of hydrogen-bond donors (Lipinski definition) is 0. The van der Waals surface area contributed by atoms with E-state index in [1.165, 1.54) is 13.8 Å². The number of ether oxygens (including phenoxy) is 16. The lowest BCUT2D eigenvalue weighted by Crippen LogP contribution is -2.68. The molecule has 18 heteroatoms. The average molecular weight is 1400 g/mol. The van der Waals surface area contributed by atoms with Crippen LogP contribution in [0.25, 0.3) is 0 Å². The van der Waals surface area contributed by atoms with Crippen molar-refractivity contribution in [2.24, 2.45) is 0 Å². The molecule has 9 aromatic rings. The highest BCUT2D eigenvalue weighted by Gasteiger charge is 2.58. The standard InChI is InChI=1S/C85H90O18/c1-60(86)97-80-77(94-54-68-42-24-9-25-43-68)74(91-51-65-36-18-6-19-37-65)71(57-88-48-62-30-12-3-13-31-62)99-83(80)102-82-79(96-56-70-46-28-11-29-47-70)76(93-53-67-40-22-8-23-41-67)73(59-90-50-64-34-16-5-17-35-64)101-85(82)103-84-81(98-61(2)87)78(95-55-69-44-26-10-27-45-69)75(92-52-66-38-20-7-21-39-66)72(100-84)58-89-49-63-32-14-4-15-33-63/h3-47,71-85H,48-59H2,1-2H3/t71-,72-,73-,74-,75-,76-,77+,78+,79+,80+,81+,82+,83-,84-,85+/m1/s1. The molecule has 0 bridgehead atoms. The minimum absolute atomic E-state index is 0.0284. The van der Waals surface area contributed by atoms with Crippen molar-refractivity contribution in [1.82, 2.24) is 0 Å². The molecule has 3 heterocycles. The Morgan fingerprint density at radius 2 is 0.437 bits per heavy atom. The van der Waals surface area contributed by atoms with Crippen LogP contribution in [-0.4, -0.2) is 124 Å². The van der Waals surface area contributed by atoms with Crippen LogP contribution >= 0.6 is 0 Å². The Hall–Kier alpha value is -8.64. The van der Waals surface area contributed by atoms with Crippen molar-refractivity contribution in [3.05, 3.63) is 323 Å². The summed E-state index contributed by atoms with van der Waals surface area (Å²) in [6.07, 6.45) is -18.1. The van der Waals surface area contributed by atoms with Gasteiger partial charge in [-0.2, -0.15) is 0 Å². The molecule has 3 fully saturated rings. The van der Waals surface area contributed by atoms with Gasteiger partial charge in [0, 0.05) is 13.8 Å². The van der Waals surface area contributed by atoms with E-state index < -0.39 is 104 Å². The molecule has 103 heavy (non-hydrogen) atoms. The van der Waals surface area contributed by atoms with Gasteiger partial charge in [-0.3, -0.25) is 9.59 Å². The fourth-order valence-corrected chi connectivity index (χ4v) is 12.8. The van der Waals surface area contributed by atoms with Gasteiger partial charge >= 0.3 is 11.9 Å². The minimum Gasteiger partial charge on any atom is -0.454 e. The lowest BCUT2D eigenvalue weighted by Gasteiger charge is -2.51. The Balaban J connectivity index is 0.989. The van der Waals surface area contributed by atoms with E-state index in [0.717, 1.165) is 50.1 Å². The lowest BCUT2D eigenvalue weighted by molar-refractivity contribution is -0.410. The van der Waals surface area contributed by atoms with Crippen molar-refractivity contribution in [2.75, 3.05) is 19.8 Å². The maximum Gasteiger partial charge on any atom is 0.303 e. The zero-order valence-corrected chi connectivity index (χ0v) is 58.0. The van der Waals surface area contributed by atoms with Crippen LogP contribution in [0.15, 0.2) is 273 Å². The zero-order chi connectivity index (χ0) is 70.6. The topological polar surface area (TPSA) is 182 Å². The molecule has 18 nitrogen and oxygen atoms in total. The maximum atomic E-state index is 14.0. The normalized spacial score (nSPS) is 24.8. The third-order valence-electron chi connectivity index (χ3n) is 17.8. The second-order valence-electron chi connectivity index (χ2n) is 25.6. The highest BCUT2D eigenvalue weighted by atomic mass is 16.8. The van der Waals surface area contributed by atoms with Crippen molar-refractivity contribution in [3.63, 3.8) is 0 Å². The fraction of sp³-hybridized carbons (Fsp3) is 0.341. The van der Waals surface area contributed by atoms with Crippen LogP contribution in [-0.2, 0) is 145 Å². The summed E-state index contributed by atoms with van der Waals surface area (Å²) in [6.45, 7) is 3.62. The first kappa shape index (κ1) is 74.1. The molecule has 0 N–H and O–H groups in total. The van der Waals surface area contributed by atoms with Gasteiger partial charge in [-0.05, 0) is 50.1 Å². The summed E-state index contributed by atoms with van der Waals surface area (Å²) < 4.78 is 113. The number of carbonyl (C=O) groups excluding carboxylic acids is 2. The smallest absolute Gasteiger partial charge is 0.303 e. The molecule has 3 aliphatic heterocycles. The predicted octanol–water partition coefficient (Wildman–Crippen LogP) is 13.6. The minimum atomic E-state index is -1.58. The fourth-order valence-electron chi connectivity index (χ4n) is 12.8. The predicted molar refractivity (Wildman–Crippen MR) is 381 cm³/mol. The van der Waals surface area contributed by atoms with Gasteiger partial charge in [-0.1, -0.05) is 273 Å². The number of benzene rings is 9. The summed E-state index contributed by atoms with van der Waals surface area (Å²) in [5.74, 6) is -1.32. The summed E-state index contributed by atoms with van der Waals surface area (Å²) in [5, 5.41) is 0. The first-order valence-electron chi connectivity index (χ1n) is 35.1. The van der Waals surface area contributed by atoms with E-state index in [0.29, 0.717) is 0 Å².